The summed E-state index contributed by atoms with van der Waals surface area (Å²) in [6.07, 6.45) is 3.10. The van der Waals surface area contributed by atoms with Crippen molar-refractivity contribution < 1.29 is 4.79 Å². The molecule has 0 radical (unpaired) electrons. The van der Waals surface area contributed by atoms with Crippen molar-refractivity contribution in [1.29, 1.82) is 0 Å². The van der Waals surface area contributed by atoms with Gasteiger partial charge in [0, 0.05) is 30.8 Å². The maximum atomic E-state index is 11.7. The molecule has 0 saturated heterocycles. The van der Waals surface area contributed by atoms with Crippen LogP contribution < -0.4 is 5.43 Å². The lowest BCUT2D eigenvalue weighted by Gasteiger charge is -2.08. The Kier molecular flexibility index (Phi) is 5.82. The highest BCUT2D eigenvalue weighted by Gasteiger charge is 2.12. The van der Waals surface area contributed by atoms with E-state index in [9.17, 15) is 4.79 Å². The molecule has 0 atom stereocenters. The second-order valence-corrected chi connectivity index (χ2v) is 6.07. The number of nitrogens with zero attached hydrogens (tertiary/aromatic N) is 3. The van der Waals surface area contributed by atoms with Crippen LogP contribution in [0.2, 0.25) is 10.2 Å². The van der Waals surface area contributed by atoms with E-state index < -0.39 is 0 Å². The first-order valence-corrected chi connectivity index (χ1v) is 7.76. The summed E-state index contributed by atoms with van der Waals surface area (Å²) in [4.78, 5) is 11.7. The van der Waals surface area contributed by atoms with Gasteiger partial charge in [0.15, 0.2) is 0 Å². The molecule has 1 heterocycles. The Balaban J connectivity index is 2.17. The van der Waals surface area contributed by atoms with E-state index in [0.29, 0.717) is 16.7 Å². The lowest BCUT2D eigenvalue weighted by Crippen LogP contribution is -2.34. The van der Waals surface area contributed by atoms with Crippen LogP contribution in [0.3, 0.4) is 0 Å². The number of benzene rings is 1. The molecule has 2 aromatic rings. The van der Waals surface area contributed by atoms with Gasteiger partial charge in [-0.15, -0.1) is 0 Å². The van der Waals surface area contributed by atoms with Crippen molar-refractivity contribution in [3.63, 3.8) is 0 Å². The minimum absolute atomic E-state index is 0.226. The van der Waals surface area contributed by atoms with Gasteiger partial charge in [0.05, 0.1) is 12.2 Å². The molecular formula is C16H18Cl2N4O. The Hall–Kier alpha value is -1.82. The predicted octanol–water partition coefficient (Wildman–Crippen LogP) is 3.15. The Morgan fingerprint density at radius 2 is 1.96 bits per heavy atom. The maximum absolute atomic E-state index is 11.7. The van der Waals surface area contributed by atoms with E-state index in [1.165, 1.54) is 6.08 Å². The first-order chi connectivity index (χ1) is 10.9. The Bertz CT molecular complexity index is 720. The molecular weight excluding hydrogens is 335 g/mol. The number of hydrogen-bond acceptors (Lipinski definition) is 3. The van der Waals surface area contributed by atoms with Gasteiger partial charge in [0.25, 0.3) is 5.91 Å². The molecule has 7 heteroatoms. The highest BCUT2D eigenvalue weighted by Crippen LogP contribution is 2.22. The van der Waals surface area contributed by atoms with E-state index in [2.05, 4.69) is 10.5 Å². The first kappa shape index (κ1) is 17.5. The average Bonchev–Trinajstić information content (AvgIpc) is 2.73. The van der Waals surface area contributed by atoms with Crippen molar-refractivity contribution in [3.8, 4) is 0 Å². The summed E-state index contributed by atoms with van der Waals surface area (Å²) < 4.78 is 1.70. The lowest BCUT2D eigenvalue weighted by molar-refractivity contribution is -0.119. The number of amides is 1. The van der Waals surface area contributed by atoms with Crippen LogP contribution in [0.25, 0.3) is 6.08 Å². The number of nitrogens with one attached hydrogen (secondary N) is 1. The van der Waals surface area contributed by atoms with Crippen LogP contribution in [-0.4, -0.2) is 34.8 Å². The molecule has 0 spiro atoms. The van der Waals surface area contributed by atoms with Crippen molar-refractivity contribution in [1.82, 2.24) is 20.2 Å². The zero-order valence-corrected chi connectivity index (χ0v) is 14.7. The van der Waals surface area contributed by atoms with E-state index in [4.69, 9.17) is 23.2 Å². The zero-order valence-electron chi connectivity index (χ0n) is 13.2. The molecule has 0 bridgehead atoms. The van der Waals surface area contributed by atoms with Gasteiger partial charge in [-0.2, -0.15) is 5.10 Å². The molecule has 23 heavy (non-hydrogen) atoms. The van der Waals surface area contributed by atoms with E-state index in [0.717, 1.165) is 16.8 Å². The summed E-state index contributed by atoms with van der Waals surface area (Å²) in [5, 5.41) is 7.18. The molecule has 0 unspecified atom stereocenters. The van der Waals surface area contributed by atoms with Crippen molar-refractivity contribution in [2.45, 2.75) is 13.5 Å². The van der Waals surface area contributed by atoms with Crippen LogP contribution in [0.5, 0.6) is 0 Å². The Morgan fingerprint density at radius 3 is 2.57 bits per heavy atom. The molecule has 0 fully saturated rings. The SMILES string of the molecule is Cc1nn(Cc2ccc(Cl)cc2)c(Cl)c1/C=C/C(=O)NN(C)C. The Labute approximate surface area is 145 Å². The number of hydrazine groups is 1. The summed E-state index contributed by atoms with van der Waals surface area (Å²) in [7, 11) is 3.49. The molecule has 0 aliphatic heterocycles. The third-order valence-electron chi connectivity index (χ3n) is 3.09. The fraction of sp³-hybridized carbons (Fsp3) is 0.250. The van der Waals surface area contributed by atoms with Crippen molar-refractivity contribution in [3.05, 3.63) is 57.3 Å². The molecule has 0 aliphatic rings. The van der Waals surface area contributed by atoms with Gasteiger partial charge in [0.1, 0.15) is 5.15 Å². The topological polar surface area (TPSA) is 50.2 Å². The summed E-state index contributed by atoms with van der Waals surface area (Å²) in [6.45, 7) is 2.39. The summed E-state index contributed by atoms with van der Waals surface area (Å²) in [5.41, 5.74) is 5.16. The number of rotatable bonds is 5. The summed E-state index contributed by atoms with van der Waals surface area (Å²) >= 11 is 12.3. The second kappa shape index (κ2) is 7.64. The van der Waals surface area contributed by atoms with E-state index in [1.807, 2.05) is 31.2 Å². The van der Waals surface area contributed by atoms with E-state index in [-0.39, 0.29) is 5.91 Å². The lowest BCUT2D eigenvalue weighted by atomic mass is 10.2. The van der Waals surface area contributed by atoms with E-state index in [1.54, 1.807) is 29.9 Å². The molecule has 5 nitrogen and oxygen atoms in total. The quantitative estimate of drug-likeness (QED) is 0.664. The van der Waals surface area contributed by atoms with Gasteiger partial charge in [-0.3, -0.25) is 10.2 Å². The number of carbonyl (C=O) groups is 1. The summed E-state index contributed by atoms with van der Waals surface area (Å²) in [6, 6.07) is 7.51. The molecule has 122 valence electrons. The summed E-state index contributed by atoms with van der Waals surface area (Å²) in [5.74, 6) is -0.226. The first-order valence-electron chi connectivity index (χ1n) is 7.00. The van der Waals surface area contributed by atoms with Crippen LogP contribution >= 0.6 is 23.2 Å². The minimum Gasteiger partial charge on any atom is -0.286 e. The fourth-order valence-corrected chi connectivity index (χ4v) is 2.46. The van der Waals surface area contributed by atoms with Gasteiger partial charge in [-0.05, 0) is 30.7 Å². The largest absolute Gasteiger partial charge is 0.286 e. The maximum Gasteiger partial charge on any atom is 0.258 e. The molecule has 1 amide bonds. The van der Waals surface area contributed by atoms with Crippen LogP contribution in [0, 0.1) is 6.92 Å². The van der Waals surface area contributed by atoms with Gasteiger partial charge < -0.3 is 0 Å². The number of halogens is 2. The molecule has 0 aliphatic carbocycles. The normalized spacial score (nSPS) is 11.4. The molecule has 2 rings (SSSR count). The van der Waals surface area contributed by atoms with Crippen LogP contribution in [0.4, 0.5) is 0 Å². The van der Waals surface area contributed by atoms with Gasteiger partial charge in [-0.1, -0.05) is 35.3 Å². The molecule has 1 aromatic heterocycles. The fourth-order valence-electron chi connectivity index (χ4n) is 2.04. The highest BCUT2D eigenvalue weighted by molar-refractivity contribution is 6.31. The smallest absolute Gasteiger partial charge is 0.258 e. The highest BCUT2D eigenvalue weighted by atomic mass is 35.5. The number of carbonyl (C=O) groups excluding carboxylic acids is 1. The zero-order chi connectivity index (χ0) is 17.0. The number of aryl methyl sites for hydroxylation is 1. The van der Waals surface area contributed by atoms with Crippen LogP contribution in [0.15, 0.2) is 30.3 Å². The Morgan fingerprint density at radius 1 is 1.30 bits per heavy atom. The third-order valence-corrected chi connectivity index (χ3v) is 3.74. The van der Waals surface area contributed by atoms with Crippen molar-refractivity contribution in [2.24, 2.45) is 0 Å². The second-order valence-electron chi connectivity index (χ2n) is 5.28. The predicted molar refractivity (Wildman–Crippen MR) is 93.4 cm³/mol. The van der Waals surface area contributed by atoms with Crippen molar-refractivity contribution in [2.75, 3.05) is 14.1 Å². The van der Waals surface area contributed by atoms with Crippen molar-refractivity contribution >= 4 is 35.2 Å². The average molecular weight is 353 g/mol. The molecule has 1 aromatic carbocycles. The standard InChI is InChI=1S/C16H18Cl2N4O/c1-11-14(8-9-15(23)20-21(2)3)16(18)22(19-11)10-12-4-6-13(17)7-5-12/h4-9H,10H2,1-3H3,(H,20,23)/b9-8+. The molecule has 1 N–H and O–H groups in total. The number of hydrogen-bond donors (Lipinski definition) is 1. The van der Waals surface area contributed by atoms with Gasteiger partial charge >= 0.3 is 0 Å². The third kappa shape index (κ3) is 4.82. The van der Waals surface area contributed by atoms with Crippen LogP contribution in [-0.2, 0) is 11.3 Å². The van der Waals surface area contributed by atoms with Crippen LogP contribution in [0.1, 0.15) is 16.8 Å². The minimum atomic E-state index is -0.226. The number of aromatic nitrogens is 2. The van der Waals surface area contributed by atoms with E-state index >= 15 is 0 Å². The molecule has 0 saturated carbocycles. The van der Waals surface area contributed by atoms with Gasteiger partial charge in [0.2, 0.25) is 0 Å². The monoisotopic (exact) mass is 352 g/mol. The van der Waals surface area contributed by atoms with Gasteiger partial charge in [-0.25, -0.2) is 9.69 Å².